The molecule has 0 unspecified atom stereocenters. The zero-order chi connectivity index (χ0) is 15.3. The van der Waals surface area contributed by atoms with Crippen molar-refractivity contribution in [2.24, 2.45) is 0 Å². The summed E-state index contributed by atoms with van der Waals surface area (Å²) in [6, 6.07) is 13.3. The van der Waals surface area contributed by atoms with Crippen LogP contribution in [-0.2, 0) is 10.0 Å². The van der Waals surface area contributed by atoms with Gasteiger partial charge in [0.1, 0.15) is 5.82 Å². The van der Waals surface area contributed by atoms with E-state index in [9.17, 15) is 8.42 Å². The Bertz CT molecular complexity index is 670. The first-order valence-corrected chi connectivity index (χ1v) is 8.42. The predicted octanol–water partition coefficient (Wildman–Crippen LogP) is 3.00. The zero-order valence-corrected chi connectivity index (χ0v) is 13.0. The standard InChI is InChI=1S/C15H19N3O2S/c1-3-11-21(19,20)17-13-9-10-15(16-12-13)18(2)14-7-5-4-6-8-14/h4-10,12,17H,3,11H2,1-2H3. The van der Waals surface area contributed by atoms with Gasteiger partial charge in [-0.1, -0.05) is 25.1 Å². The van der Waals surface area contributed by atoms with Crippen LogP contribution in [0.2, 0.25) is 0 Å². The lowest BCUT2D eigenvalue weighted by Gasteiger charge is -2.18. The first-order chi connectivity index (χ1) is 10.0. The first-order valence-electron chi connectivity index (χ1n) is 6.77. The van der Waals surface area contributed by atoms with Gasteiger partial charge in [-0.2, -0.15) is 0 Å². The van der Waals surface area contributed by atoms with E-state index in [1.54, 1.807) is 12.1 Å². The van der Waals surface area contributed by atoms with Crippen molar-refractivity contribution in [2.75, 3.05) is 22.4 Å². The summed E-state index contributed by atoms with van der Waals surface area (Å²) in [5.74, 6) is 0.859. The number of pyridine rings is 1. The molecule has 1 aromatic carbocycles. The van der Waals surface area contributed by atoms with Gasteiger partial charge in [0.2, 0.25) is 10.0 Å². The Hall–Kier alpha value is -2.08. The van der Waals surface area contributed by atoms with E-state index in [0.29, 0.717) is 12.1 Å². The Balaban J connectivity index is 2.12. The highest BCUT2D eigenvalue weighted by Crippen LogP contribution is 2.22. The van der Waals surface area contributed by atoms with Gasteiger partial charge in [0.05, 0.1) is 17.6 Å². The zero-order valence-electron chi connectivity index (χ0n) is 12.2. The number of hydrogen-bond donors (Lipinski definition) is 1. The molecule has 0 amide bonds. The number of rotatable bonds is 6. The van der Waals surface area contributed by atoms with Gasteiger partial charge in [0, 0.05) is 12.7 Å². The molecule has 0 saturated heterocycles. The third-order valence-electron chi connectivity index (χ3n) is 2.98. The maximum absolute atomic E-state index is 11.7. The van der Waals surface area contributed by atoms with Crippen LogP contribution in [0.3, 0.4) is 0 Å². The summed E-state index contributed by atoms with van der Waals surface area (Å²) in [6.45, 7) is 1.83. The number of nitrogens with one attached hydrogen (secondary N) is 1. The molecule has 2 aromatic rings. The van der Waals surface area contributed by atoms with Crippen LogP contribution < -0.4 is 9.62 Å². The molecule has 1 N–H and O–H groups in total. The molecule has 0 aliphatic rings. The summed E-state index contributed by atoms with van der Waals surface area (Å²) in [5, 5.41) is 0. The molecule has 0 aliphatic heterocycles. The van der Waals surface area contributed by atoms with Gasteiger partial charge in [-0.15, -0.1) is 0 Å². The smallest absolute Gasteiger partial charge is 0.232 e. The minimum atomic E-state index is -3.27. The van der Waals surface area contributed by atoms with Gasteiger partial charge in [-0.3, -0.25) is 4.72 Å². The minimum absolute atomic E-state index is 0.110. The fourth-order valence-corrected chi connectivity index (χ4v) is 3.05. The molecule has 1 aromatic heterocycles. The third-order valence-corrected chi connectivity index (χ3v) is 4.47. The molecule has 2 rings (SSSR count). The number of para-hydroxylation sites is 1. The fourth-order valence-electron chi connectivity index (χ4n) is 1.93. The lowest BCUT2D eigenvalue weighted by molar-refractivity contribution is 0.600. The Morgan fingerprint density at radius 1 is 1.14 bits per heavy atom. The van der Waals surface area contributed by atoms with Gasteiger partial charge < -0.3 is 4.90 Å². The number of sulfonamides is 1. The van der Waals surface area contributed by atoms with Gasteiger partial charge in [0.15, 0.2) is 0 Å². The molecule has 0 radical (unpaired) electrons. The number of nitrogens with zero attached hydrogens (tertiary/aromatic N) is 2. The average Bonchev–Trinajstić information content (AvgIpc) is 2.48. The molecular weight excluding hydrogens is 286 g/mol. The molecule has 0 atom stereocenters. The normalized spacial score (nSPS) is 11.1. The maximum Gasteiger partial charge on any atom is 0.232 e. The molecule has 112 valence electrons. The van der Waals surface area contributed by atoms with E-state index in [1.165, 1.54) is 6.20 Å². The number of aromatic nitrogens is 1. The summed E-state index contributed by atoms with van der Waals surface area (Å²) in [7, 11) is -1.36. The van der Waals surface area contributed by atoms with Crippen molar-refractivity contribution in [2.45, 2.75) is 13.3 Å². The highest BCUT2D eigenvalue weighted by molar-refractivity contribution is 7.92. The van der Waals surface area contributed by atoms with Gasteiger partial charge in [-0.05, 0) is 30.7 Å². The number of anilines is 3. The summed E-state index contributed by atoms with van der Waals surface area (Å²) in [4.78, 5) is 6.23. The second-order valence-corrected chi connectivity index (χ2v) is 6.56. The molecular formula is C15H19N3O2S. The van der Waals surface area contributed by atoms with Crippen LogP contribution in [0.15, 0.2) is 48.7 Å². The second kappa shape index (κ2) is 6.58. The van der Waals surface area contributed by atoms with Gasteiger partial charge in [-0.25, -0.2) is 13.4 Å². The van der Waals surface area contributed by atoms with Crippen LogP contribution >= 0.6 is 0 Å². The Morgan fingerprint density at radius 3 is 2.43 bits per heavy atom. The van der Waals surface area contributed by atoms with Gasteiger partial charge in [0.25, 0.3) is 0 Å². The van der Waals surface area contributed by atoms with E-state index >= 15 is 0 Å². The molecule has 1 heterocycles. The lowest BCUT2D eigenvalue weighted by Crippen LogP contribution is -2.16. The largest absolute Gasteiger partial charge is 0.329 e. The van der Waals surface area contributed by atoms with E-state index in [1.807, 2.05) is 49.2 Å². The van der Waals surface area contributed by atoms with Gasteiger partial charge >= 0.3 is 0 Å². The molecule has 5 nitrogen and oxygen atoms in total. The maximum atomic E-state index is 11.7. The van der Waals surface area contributed by atoms with Crippen molar-refractivity contribution in [3.8, 4) is 0 Å². The van der Waals surface area contributed by atoms with E-state index in [0.717, 1.165) is 11.5 Å². The highest BCUT2D eigenvalue weighted by Gasteiger charge is 2.10. The van der Waals surface area contributed by atoms with E-state index in [-0.39, 0.29) is 5.75 Å². The number of benzene rings is 1. The summed E-state index contributed by atoms with van der Waals surface area (Å²) in [6.07, 6.45) is 2.11. The molecule has 0 saturated carbocycles. The van der Waals surface area contributed by atoms with Crippen molar-refractivity contribution in [3.05, 3.63) is 48.7 Å². The van der Waals surface area contributed by atoms with E-state index in [2.05, 4.69) is 9.71 Å². The molecule has 6 heteroatoms. The van der Waals surface area contributed by atoms with Crippen LogP contribution in [0, 0.1) is 0 Å². The van der Waals surface area contributed by atoms with Crippen LogP contribution in [-0.4, -0.2) is 26.2 Å². The van der Waals surface area contributed by atoms with Crippen molar-refractivity contribution in [1.82, 2.24) is 4.98 Å². The Kier molecular flexibility index (Phi) is 4.80. The monoisotopic (exact) mass is 305 g/mol. The SMILES string of the molecule is CCCS(=O)(=O)Nc1ccc(N(C)c2ccccc2)nc1. The molecule has 0 fully saturated rings. The molecule has 21 heavy (non-hydrogen) atoms. The molecule has 0 spiro atoms. The fraction of sp³-hybridized carbons (Fsp3) is 0.267. The van der Waals surface area contributed by atoms with Crippen LogP contribution in [0.4, 0.5) is 17.2 Å². The predicted molar refractivity (Wildman–Crippen MR) is 86.4 cm³/mol. The second-order valence-electron chi connectivity index (χ2n) is 4.72. The van der Waals surface area contributed by atoms with Crippen LogP contribution in [0.1, 0.15) is 13.3 Å². The van der Waals surface area contributed by atoms with Crippen molar-refractivity contribution >= 4 is 27.2 Å². The van der Waals surface area contributed by atoms with Crippen molar-refractivity contribution in [3.63, 3.8) is 0 Å². The Morgan fingerprint density at radius 2 is 1.86 bits per heavy atom. The van der Waals surface area contributed by atoms with Crippen molar-refractivity contribution in [1.29, 1.82) is 0 Å². The quantitative estimate of drug-likeness (QED) is 0.891. The molecule has 0 aliphatic carbocycles. The first kappa shape index (κ1) is 15.3. The summed E-state index contributed by atoms with van der Waals surface area (Å²) < 4.78 is 25.9. The number of hydrogen-bond acceptors (Lipinski definition) is 4. The average molecular weight is 305 g/mol. The van der Waals surface area contributed by atoms with E-state index in [4.69, 9.17) is 0 Å². The topological polar surface area (TPSA) is 62.3 Å². The third kappa shape index (κ3) is 4.19. The van der Waals surface area contributed by atoms with Crippen LogP contribution in [0.5, 0.6) is 0 Å². The highest BCUT2D eigenvalue weighted by atomic mass is 32.2. The summed E-state index contributed by atoms with van der Waals surface area (Å²) in [5.41, 5.74) is 1.50. The minimum Gasteiger partial charge on any atom is -0.329 e. The lowest BCUT2D eigenvalue weighted by atomic mass is 10.3. The summed E-state index contributed by atoms with van der Waals surface area (Å²) >= 11 is 0. The van der Waals surface area contributed by atoms with Crippen molar-refractivity contribution < 1.29 is 8.42 Å². The van der Waals surface area contributed by atoms with Crippen LogP contribution in [0.25, 0.3) is 0 Å². The van der Waals surface area contributed by atoms with E-state index < -0.39 is 10.0 Å². The molecule has 0 bridgehead atoms. The Labute approximate surface area is 125 Å².